The van der Waals surface area contributed by atoms with Gasteiger partial charge in [0, 0.05) is 0 Å². The Morgan fingerprint density at radius 1 is 1.24 bits per heavy atom. The Kier molecular flexibility index (Phi) is 8.60. The quantitative estimate of drug-likeness (QED) is 0.526. The van der Waals surface area contributed by atoms with Crippen molar-refractivity contribution in [2.45, 2.75) is 45.1 Å². The Morgan fingerprint density at radius 2 is 1.84 bits per heavy atom. The second-order valence-corrected chi connectivity index (χ2v) is 6.22. The lowest BCUT2D eigenvalue weighted by molar-refractivity contribution is -0.165. The summed E-state index contributed by atoms with van der Waals surface area (Å²) in [6.07, 6.45) is -3.10. The molecule has 1 fully saturated rings. The first-order valence-electron chi connectivity index (χ1n) is 8.00. The zero-order valence-electron chi connectivity index (χ0n) is 14.9. The van der Waals surface area contributed by atoms with Crippen LogP contribution in [0.4, 0.5) is 4.79 Å². The van der Waals surface area contributed by atoms with E-state index in [1.165, 1.54) is 0 Å². The van der Waals surface area contributed by atoms with Crippen LogP contribution in [-0.4, -0.2) is 68.0 Å². The molecule has 1 amide bonds. The van der Waals surface area contributed by atoms with Crippen molar-refractivity contribution in [3.8, 4) is 0 Å². The van der Waals surface area contributed by atoms with E-state index in [-0.39, 0.29) is 19.8 Å². The van der Waals surface area contributed by atoms with Crippen LogP contribution in [0.15, 0.2) is 24.3 Å². The van der Waals surface area contributed by atoms with E-state index in [0.29, 0.717) is 6.61 Å². The number of hydrogen-bond donors (Lipinski definition) is 2. The molecule has 1 rings (SSSR count). The maximum atomic E-state index is 12.2. The number of carboxylic acid groups (broad SMARTS) is 1. The van der Waals surface area contributed by atoms with Crippen molar-refractivity contribution in [2.24, 2.45) is 0 Å². The number of nitrogens with one attached hydrogen (secondary N) is 1. The molecule has 8 nitrogen and oxygen atoms in total. The summed E-state index contributed by atoms with van der Waals surface area (Å²) in [7, 11) is 0. The van der Waals surface area contributed by atoms with Crippen molar-refractivity contribution in [1.29, 1.82) is 0 Å². The second-order valence-electron chi connectivity index (χ2n) is 6.22. The molecule has 1 aliphatic rings. The number of carbonyl (C=O) groups is 2. The average Bonchev–Trinajstić information content (AvgIpc) is 2.53. The first-order chi connectivity index (χ1) is 11.7. The van der Waals surface area contributed by atoms with E-state index in [2.05, 4.69) is 18.5 Å². The predicted molar refractivity (Wildman–Crippen MR) is 90.4 cm³/mol. The summed E-state index contributed by atoms with van der Waals surface area (Å²) in [6.45, 7) is 13.4. The van der Waals surface area contributed by atoms with Crippen molar-refractivity contribution in [2.75, 3.05) is 26.4 Å². The smallest absolute Gasteiger partial charge is 0.405 e. The third-order valence-corrected chi connectivity index (χ3v) is 3.35. The van der Waals surface area contributed by atoms with Crippen molar-refractivity contribution in [3.63, 3.8) is 0 Å². The normalized spacial score (nSPS) is 27.4. The van der Waals surface area contributed by atoms with Crippen LogP contribution in [-0.2, 0) is 23.7 Å². The zero-order chi connectivity index (χ0) is 19.0. The molecule has 0 radical (unpaired) electrons. The van der Waals surface area contributed by atoms with Gasteiger partial charge in [0.2, 0.25) is 0 Å². The second kappa shape index (κ2) is 10.2. The average molecular weight is 357 g/mol. The summed E-state index contributed by atoms with van der Waals surface area (Å²) in [5.74, 6) is -0.723. The van der Waals surface area contributed by atoms with E-state index in [9.17, 15) is 9.59 Å². The first kappa shape index (κ1) is 21.1. The molecular formula is C17H27NO7. The van der Waals surface area contributed by atoms with Gasteiger partial charge in [-0.3, -0.25) is 0 Å². The van der Waals surface area contributed by atoms with Crippen molar-refractivity contribution in [1.82, 2.24) is 5.32 Å². The molecule has 0 aromatic rings. The van der Waals surface area contributed by atoms with Crippen LogP contribution in [0.1, 0.15) is 20.8 Å². The molecule has 0 aromatic carbocycles. The van der Waals surface area contributed by atoms with Crippen LogP contribution in [0, 0.1) is 0 Å². The Bertz CT molecular complexity index is 505. The Hall–Kier alpha value is -1.90. The standard InChI is InChI=1S/C17H27NO7/c1-10(2)6-23-14-9-22-8-13(18-17(20)21)16(19)25-12(5)15(14)24-7-11(3)4/h12-15,18H,1,3,6-9H2,2,4-5H3,(H,20,21)/t12-,13-,14-,15-/m0/s1. The topological polar surface area (TPSA) is 103 Å². The molecule has 142 valence electrons. The minimum absolute atomic E-state index is 0.118. The van der Waals surface area contributed by atoms with Crippen LogP contribution in [0.5, 0.6) is 0 Å². The van der Waals surface area contributed by atoms with Gasteiger partial charge in [-0.1, -0.05) is 24.3 Å². The fourth-order valence-electron chi connectivity index (χ4n) is 2.22. The number of esters is 1. The summed E-state index contributed by atoms with van der Waals surface area (Å²) in [6, 6.07) is -1.11. The largest absolute Gasteiger partial charge is 0.465 e. The van der Waals surface area contributed by atoms with Gasteiger partial charge in [0.25, 0.3) is 0 Å². The summed E-state index contributed by atoms with van der Waals surface area (Å²) >= 11 is 0. The Labute approximate surface area is 147 Å². The van der Waals surface area contributed by atoms with Crippen LogP contribution < -0.4 is 5.32 Å². The fourth-order valence-corrected chi connectivity index (χ4v) is 2.22. The van der Waals surface area contributed by atoms with Gasteiger partial charge in [-0.2, -0.15) is 0 Å². The highest BCUT2D eigenvalue weighted by atomic mass is 16.6. The number of cyclic esters (lactones) is 1. The minimum atomic E-state index is -1.33. The number of carbonyl (C=O) groups excluding carboxylic acids is 1. The SMILES string of the molecule is C=C(C)CO[C@H]1[C@H](C)OC(=O)[C@@H](NC(=O)O)COC[C@@H]1OCC(=C)C. The highest BCUT2D eigenvalue weighted by molar-refractivity contribution is 5.81. The van der Waals surface area contributed by atoms with Gasteiger partial charge >= 0.3 is 12.1 Å². The van der Waals surface area contributed by atoms with Gasteiger partial charge in [0.15, 0.2) is 6.04 Å². The maximum absolute atomic E-state index is 12.2. The summed E-state index contributed by atoms with van der Waals surface area (Å²) < 4.78 is 22.5. The molecule has 4 atom stereocenters. The molecule has 1 heterocycles. The number of rotatable bonds is 7. The van der Waals surface area contributed by atoms with E-state index in [1.807, 2.05) is 13.8 Å². The third-order valence-electron chi connectivity index (χ3n) is 3.35. The van der Waals surface area contributed by atoms with Gasteiger partial charge in [-0.05, 0) is 20.8 Å². The van der Waals surface area contributed by atoms with E-state index in [1.54, 1.807) is 6.92 Å². The van der Waals surface area contributed by atoms with Crippen LogP contribution in [0.2, 0.25) is 0 Å². The molecule has 2 N–H and O–H groups in total. The third kappa shape index (κ3) is 7.68. The number of ether oxygens (including phenoxy) is 4. The van der Waals surface area contributed by atoms with Crippen LogP contribution in [0.25, 0.3) is 0 Å². The van der Waals surface area contributed by atoms with Crippen LogP contribution >= 0.6 is 0 Å². The molecule has 1 aliphatic heterocycles. The monoisotopic (exact) mass is 357 g/mol. The molecule has 0 aliphatic carbocycles. The van der Waals surface area contributed by atoms with E-state index < -0.39 is 36.4 Å². The summed E-state index contributed by atoms with van der Waals surface area (Å²) in [5, 5.41) is 10.9. The van der Waals surface area contributed by atoms with Crippen LogP contribution in [0.3, 0.4) is 0 Å². The fraction of sp³-hybridized carbons (Fsp3) is 0.647. The lowest BCUT2D eigenvalue weighted by Gasteiger charge is -2.30. The molecule has 1 saturated heterocycles. The van der Waals surface area contributed by atoms with Gasteiger partial charge in [0.1, 0.15) is 18.3 Å². The Morgan fingerprint density at radius 3 is 2.40 bits per heavy atom. The Balaban J connectivity index is 2.92. The molecule has 0 bridgehead atoms. The van der Waals surface area contributed by atoms with Gasteiger partial charge in [-0.15, -0.1) is 0 Å². The highest BCUT2D eigenvalue weighted by Crippen LogP contribution is 2.17. The molecular weight excluding hydrogens is 330 g/mol. The lowest BCUT2D eigenvalue weighted by Crippen LogP contribution is -2.46. The number of hydrogen-bond acceptors (Lipinski definition) is 6. The molecule has 25 heavy (non-hydrogen) atoms. The van der Waals surface area contributed by atoms with E-state index >= 15 is 0 Å². The minimum Gasteiger partial charge on any atom is -0.465 e. The molecule has 8 heteroatoms. The summed E-state index contributed by atoms with van der Waals surface area (Å²) in [4.78, 5) is 23.0. The molecule has 0 unspecified atom stereocenters. The molecule has 0 spiro atoms. The van der Waals surface area contributed by atoms with E-state index in [0.717, 1.165) is 11.1 Å². The maximum Gasteiger partial charge on any atom is 0.405 e. The number of amides is 1. The van der Waals surface area contributed by atoms with Gasteiger partial charge in [0.05, 0.1) is 26.4 Å². The van der Waals surface area contributed by atoms with Crippen molar-refractivity contribution in [3.05, 3.63) is 24.3 Å². The van der Waals surface area contributed by atoms with Crippen molar-refractivity contribution < 1.29 is 33.6 Å². The van der Waals surface area contributed by atoms with Gasteiger partial charge in [-0.25, -0.2) is 9.59 Å². The molecule has 0 aromatic heterocycles. The highest BCUT2D eigenvalue weighted by Gasteiger charge is 2.36. The van der Waals surface area contributed by atoms with Crippen molar-refractivity contribution >= 4 is 12.1 Å². The lowest BCUT2D eigenvalue weighted by atomic mass is 10.1. The summed E-state index contributed by atoms with van der Waals surface area (Å²) in [5.41, 5.74) is 1.64. The predicted octanol–water partition coefficient (Wildman–Crippen LogP) is 1.51. The van der Waals surface area contributed by atoms with Gasteiger partial charge < -0.3 is 29.4 Å². The van der Waals surface area contributed by atoms with E-state index in [4.69, 9.17) is 24.1 Å². The molecule has 0 saturated carbocycles. The zero-order valence-corrected chi connectivity index (χ0v) is 14.9. The first-order valence-corrected chi connectivity index (χ1v) is 8.00.